The van der Waals surface area contributed by atoms with E-state index in [1.807, 2.05) is 24.8 Å². The van der Waals surface area contributed by atoms with Crippen LogP contribution >= 0.6 is 11.3 Å². The van der Waals surface area contributed by atoms with Crippen molar-refractivity contribution in [2.24, 2.45) is 0 Å². The summed E-state index contributed by atoms with van der Waals surface area (Å²) < 4.78 is 0. The van der Waals surface area contributed by atoms with E-state index in [-0.39, 0.29) is 0 Å². The maximum absolute atomic E-state index is 4.92. The van der Waals surface area contributed by atoms with Crippen molar-refractivity contribution in [3.05, 3.63) is 65.5 Å². The zero-order valence-electron chi connectivity index (χ0n) is 18.9. The Kier molecular flexibility index (Phi) is 4.88. The molecule has 0 bridgehead atoms. The molecule has 6 aromatic heterocycles. The summed E-state index contributed by atoms with van der Waals surface area (Å²) in [7, 11) is 0. The fourth-order valence-electron chi connectivity index (χ4n) is 4.84. The molecule has 1 aliphatic rings. The lowest BCUT2D eigenvalue weighted by Crippen LogP contribution is -2.18. The number of rotatable bonds is 5. The smallest absolute Gasteiger partial charge is 0.159 e. The van der Waals surface area contributed by atoms with Crippen LogP contribution in [0.2, 0.25) is 0 Å². The first-order valence-corrected chi connectivity index (χ1v) is 12.6. The number of aromatic amines is 2. The van der Waals surface area contributed by atoms with Crippen LogP contribution in [0.15, 0.2) is 59.9 Å². The first kappa shape index (κ1) is 20.4. The monoisotopic (exact) mass is 478 g/mol. The van der Waals surface area contributed by atoms with E-state index in [0.29, 0.717) is 5.82 Å². The van der Waals surface area contributed by atoms with Gasteiger partial charge >= 0.3 is 0 Å². The van der Waals surface area contributed by atoms with E-state index in [2.05, 4.69) is 64.0 Å². The van der Waals surface area contributed by atoms with Gasteiger partial charge in [0.2, 0.25) is 0 Å². The summed E-state index contributed by atoms with van der Waals surface area (Å²) in [5.41, 5.74) is 8.60. The number of nitrogens with one attached hydrogen (secondary N) is 2. The van der Waals surface area contributed by atoms with Crippen molar-refractivity contribution in [3.63, 3.8) is 0 Å². The molecule has 1 fully saturated rings. The largest absolute Gasteiger partial charge is 0.335 e. The summed E-state index contributed by atoms with van der Waals surface area (Å²) >= 11 is 1.66. The number of imidazole rings is 1. The highest BCUT2D eigenvalue weighted by Gasteiger charge is 2.17. The van der Waals surface area contributed by atoms with Gasteiger partial charge in [0.25, 0.3) is 0 Å². The minimum absolute atomic E-state index is 0.703. The van der Waals surface area contributed by atoms with Crippen LogP contribution in [0.4, 0.5) is 0 Å². The Hall–Kier alpha value is -3.95. The summed E-state index contributed by atoms with van der Waals surface area (Å²) in [4.78, 5) is 24.4. The topological polar surface area (TPSA) is 99.3 Å². The molecule has 7 heterocycles. The van der Waals surface area contributed by atoms with Gasteiger partial charge in [-0.3, -0.25) is 25.0 Å². The van der Waals surface area contributed by atoms with E-state index in [1.165, 1.54) is 18.4 Å². The molecule has 35 heavy (non-hydrogen) atoms. The molecule has 0 spiro atoms. The molecule has 7 rings (SSSR count). The molecule has 1 aliphatic heterocycles. The molecule has 0 amide bonds. The van der Waals surface area contributed by atoms with Gasteiger partial charge in [0.05, 0.1) is 29.1 Å². The van der Waals surface area contributed by atoms with Crippen LogP contribution in [0.25, 0.3) is 55.8 Å². The average molecular weight is 479 g/mol. The second-order valence-corrected chi connectivity index (χ2v) is 9.71. The predicted molar refractivity (Wildman–Crippen MR) is 138 cm³/mol. The molecule has 0 unspecified atom stereocenters. The van der Waals surface area contributed by atoms with Crippen LogP contribution < -0.4 is 0 Å². The quantitative estimate of drug-likeness (QED) is 0.350. The zero-order chi connectivity index (χ0) is 23.2. The van der Waals surface area contributed by atoms with Crippen LogP contribution in [0.1, 0.15) is 18.4 Å². The molecule has 0 saturated carbocycles. The minimum atomic E-state index is 0.703. The molecule has 6 aromatic rings. The number of hydrogen-bond acceptors (Lipinski definition) is 7. The van der Waals surface area contributed by atoms with Crippen molar-refractivity contribution in [2.75, 3.05) is 13.1 Å². The lowest BCUT2D eigenvalue weighted by Gasteiger charge is -2.14. The number of fused-ring (bicyclic) bond motifs is 2. The first-order chi connectivity index (χ1) is 17.3. The van der Waals surface area contributed by atoms with Gasteiger partial charge in [0.1, 0.15) is 11.2 Å². The lowest BCUT2D eigenvalue weighted by atomic mass is 10.1. The molecule has 9 heteroatoms. The van der Waals surface area contributed by atoms with Gasteiger partial charge in [-0.15, -0.1) is 0 Å². The Bertz CT molecular complexity index is 1640. The van der Waals surface area contributed by atoms with Crippen molar-refractivity contribution < 1.29 is 0 Å². The van der Waals surface area contributed by atoms with Gasteiger partial charge in [-0.1, -0.05) is 0 Å². The Morgan fingerprint density at radius 2 is 1.86 bits per heavy atom. The first-order valence-electron chi connectivity index (χ1n) is 11.7. The number of likely N-dealkylation sites (tertiary alicyclic amines) is 1. The average Bonchev–Trinajstić information content (AvgIpc) is 3.70. The third-order valence-electron chi connectivity index (χ3n) is 6.59. The molecular weight excluding hydrogens is 456 g/mol. The Labute approximate surface area is 205 Å². The second-order valence-electron chi connectivity index (χ2n) is 8.93. The molecule has 0 aromatic carbocycles. The third-order valence-corrected chi connectivity index (χ3v) is 7.28. The van der Waals surface area contributed by atoms with Crippen LogP contribution in [0.5, 0.6) is 0 Å². The van der Waals surface area contributed by atoms with E-state index in [4.69, 9.17) is 4.98 Å². The van der Waals surface area contributed by atoms with Gasteiger partial charge in [0.15, 0.2) is 5.82 Å². The second kappa shape index (κ2) is 8.37. The number of thiophene rings is 1. The van der Waals surface area contributed by atoms with E-state index >= 15 is 0 Å². The maximum atomic E-state index is 4.92. The summed E-state index contributed by atoms with van der Waals surface area (Å²) in [6.07, 6.45) is 11.9. The summed E-state index contributed by atoms with van der Waals surface area (Å²) in [6.45, 7) is 3.25. The Morgan fingerprint density at radius 1 is 0.943 bits per heavy atom. The molecule has 1 saturated heterocycles. The summed E-state index contributed by atoms with van der Waals surface area (Å²) in [6, 6.07) is 6.35. The van der Waals surface area contributed by atoms with Gasteiger partial charge in [-0.05, 0) is 66.0 Å². The standard InChI is InChI=1S/C26H22N8S/c1-2-5-34(4-1)14-16-7-18(10-27-9-16)21-8-19-22(13-29-21)32-33-25(19)26-30-23-12-28-11-20(24(23)31-26)17-3-6-35-15-17/h3,6-13,15H,1-2,4-5,14H2,(H,30,31)(H,32,33). The molecule has 0 radical (unpaired) electrons. The highest BCUT2D eigenvalue weighted by Crippen LogP contribution is 2.32. The van der Waals surface area contributed by atoms with Gasteiger partial charge in [-0.2, -0.15) is 16.4 Å². The maximum Gasteiger partial charge on any atom is 0.159 e. The number of aromatic nitrogens is 7. The van der Waals surface area contributed by atoms with E-state index in [0.717, 1.165) is 69.6 Å². The van der Waals surface area contributed by atoms with Crippen molar-refractivity contribution >= 4 is 33.3 Å². The SMILES string of the molecule is c1cc(-c2cncc3[nH]c(-c4n[nH]c5cnc(-c6cncc(CN7CCCC7)c6)cc45)nc23)cs1. The third kappa shape index (κ3) is 3.69. The minimum Gasteiger partial charge on any atom is -0.335 e. The number of pyridine rings is 3. The van der Waals surface area contributed by atoms with Crippen molar-refractivity contribution in [2.45, 2.75) is 19.4 Å². The number of nitrogens with zero attached hydrogens (tertiary/aromatic N) is 6. The highest BCUT2D eigenvalue weighted by atomic mass is 32.1. The van der Waals surface area contributed by atoms with Crippen LogP contribution in [0.3, 0.4) is 0 Å². The van der Waals surface area contributed by atoms with Crippen LogP contribution in [0, 0.1) is 0 Å². The fraction of sp³-hybridized carbons (Fsp3) is 0.192. The molecule has 8 nitrogen and oxygen atoms in total. The fourth-order valence-corrected chi connectivity index (χ4v) is 5.50. The van der Waals surface area contributed by atoms with Crippen molar-refractivity contribution in [1.82, 2.24) is 40.0 Å². The predicted octanol–water partition coefficient (Wildman–Crippen LogP) is 5.28. The summed E-state index contributed by atoms with van der Waals surface area (Å²) in [5.74, 6) is 0.703. The van der Waals surface area contributed by atoms with Gasteiger partial charge in [0, 0.05) is 41.6 Å². The summed E-state index contributed by atoms with van der Waals surface area (Å²) in [5, 5.41) is 12.8. The Balaban J connectivity index is 1.28. The van der Waals surface area contributed by atoms with Crippen molar-refractivity contribution in [1.29, 1.82) is 0 Å². The molecule has 172 valence electrons. The van der Waals surface area contributed by atoms with Gasteiger partial charge < -0.3 is 4.98 Å². The lowest BCUT2D eigenvalue weighted by molar-refractivity contribution is 0.331. The van der Waals surface area contributed by atoms with Crippen LogP contribution in [-0.2, 0) is 6.54 Å². The van der Waals surface area contributed by atoms with Crippen molar-refractivity contribution in [3.8, 4) is 33.9 Å². The molecule has 0 aliphatic carbocycles. The van der Waals surface area contributed by atoms with E-state index in [9.17, 15) is 0 Å². The molecular formula is C26H22N8S. The number of H-pyrrole nitrogens is 2. The number of hydrogen-bond donors (Lipinski definition) is 2. The van der Waals surface area contributed by atoms with Crippen LogP contribution in [-0.4, -0.2) is 53.1 Å². The zero-order valence-corrected chi connectivity index (χ0v) is 19.7. The Morgan fingerprint density at radius 3 is 2.74 bits per heavy atom. The normalized spacial score (nSPS) is 14.4. The van der Waals surface area contributed by atoms with E-state index in [1.54, 1.807) is 17.5 Å². The van der Waals surface area contributed by atoms with Gasteiger partial charge in [-0.25, -0.2) is 4.98 Å². The highest BCUT2D eigenvalue weighted by molar-refractivity contribution is 7.08. The molecule has 0 atom stereocenters. The molecule has 2 N–H and O–H groups in total. The van der Waals surface area contributed by atoms with E-state index < -0.39 is 0 Å².